The number of hydrogen-bond acceptors (Lipinski definition) is 3. The number of amides is 1. The first-order valence-electron chi connectivity index (χ1n) is 10.6. The molecule has 1 aromatic carbocycles. The molecule has 0 atom stereocenters. The summed E-state index contributed by atoms with van der Waals surface area (Å²) >= 11 is 0. The normalized spacial score (nSPS) is 29.8. The Morgan fingerprint density at radius 1 is 1.03 bits per heavy atom. The van der Waals surface area contributed by atoms with E-state index in [9.17, 15) is 14.0 Å². The molecule has 0 unspecified atom stereocenters. The van der Waals surface area contributed by atoms with Gasteiger partial charge in [0.1, 0.15) is 11.5 Å². The van der Waals surface area contributed by atoms with Gasteiger partial charge in [0.05, 0.1) is 5.69 Å². The minimum Gasteiger partial charge on any atom is -0.351 e. The van der Waals surface area contributed by atoms with Crippen molar-refractivity contribution in [3.05, 3.63) is 58.3 Å². The zero-order valence-electron chi connectivity index (χ0n) is 16.4. The van der Waals surface area contributed by atoms with Crippen LogP contribution >= 0.6 is 0 Å². The zero-order valence-corrected chi connectivity index (χ0v) is 16.4. The number of nitrogens with one attached hydrogen (secondary N) is 1. The highest BCUT2D eigenvalue weighted by Crippen LogP contribution is 2.61. The summed E-state index contributed by atoms with van der Waals surface area (Å²) in [6.45, 7) is 0.641. The Hall–Kier alpha value is -2.50. The standard InChI is InChI=1S/C23H26FN3O2/c24-18-1-3-19(4-2-18)27-21(28)6-5-20(26-27)22(29)25-8-7-23-12-15-9-16(13-23)11-17(10-15)14-23/h1-6,15-17H,7-14H2,(H,25,29). The lowest BCUT2D eigenvalue weighted by Crippen LogP contribution is -2.47. The largest absolute Gasteiger partial charge is 0.351 e. The summed E-state index contributed by atoms with van der Waals surface area (Å²) < 4.78 is 14.3. The van der Waals surface area contributed by atoms with Crippen LogP contribution in [0.3, 0.4) is 0 Å². The Bertz CT molecular complexity index is 947. The molecule has 29 heavy (non-hydrogen) atoms. The van der Waals surface area contributed by atoms with Crippen LogP contribution in [0.15, 0.2) is 41.2 Å². The van der Waals surface area contributed by atoms with Gasteiger partial charge in [-0.3, -0.25) is 9.59 Å². The molecule has 0 spiro atoms. The lowest BCUT2D eigenvalue weighted by molar-refractivity contribution is -0.0564. The number of benzene rings is 1. The maximum Gasteiger partial charge on any atom is 0.271 e. The van der Waals surface area contributed by atoms with E-state index in [1.165, 1.54) is 74.9 Å². The first-order valence-corrected chi connectivity index (χ1v) is 10.6. The molecule has 6 rings (SSSR count). The number of nitrogens with zero attached hydrogens (tertiary/aromatic N) is 2. The molecule has 2 aromatic rings. The van der Waals surface area contributed by atoms with E-state index in [0.717, 1.165) is 28.9 Å². The molecule has 4 bridgehead atoms. The van der Waals surface area contributed by atoms with Crippen molar-refractivity contribution in [2.24, 2.45) is 23.2 Å². The first-order chi connectivity index (χ1) is 14.0. The van der Waals surface area contributed by atoms with E-state index in [0.29, 0.717) is 17.6 Å². The third-order valence-electron chi connectivity index (χ3n) is 7.21. The summed E-state index contributed by atoms with van der Waals surface area (Å²) in [5.41, 5.74) is 0.684. The number of carbonyl (C=O) groups excluding carboxylic acids is 1. The van der Waals surface area contributed by atoms with Gasteiger partial charge in [-0.15, -0.1) is 0 Å². The summed E-state index contributed by atoms with van der Waals surface area (Å²) in [5.74, 6) is 2.04. The van der Waals surface area contributed by atoms with Gasteiger partial charge in [0, 0.05) is 12.6 Å². The molecule has 4 fully saturated rings. The van der Waals surface area contributed by atoms with Crippen molar-refractivity contribution < 1.29 is 9.18 Å². The van der Waals surface area contributed by atoms with E-state index in [-0.39, 0.29) is 23.0 Å². The predicted molar refractivity (Wildman–Crippen MR) is 107 cm³/mol. The van der Waals surface area contributed by atoms with Gasteiger partial charge in [-0.1, -0.05) is 0 Å². The average molecular weight is 395 g/mol. The van der Waals surface area contributed by atoms with Gasteiger partial charge in [0.15, 0.2) is 0 Å². The van der Waals surface area contributed by atoms with Gasteiger partial charge in [-0.25, -0.2) is 4.39 Å². The van der Waals surface area contributed by atoms with E-state index < -0.39 is 0 Å². The minimum absolute atomic E-state index is 0.194. The predicted octanol–water partition coefficient (Wildman–Crippen LogP) is 3.71. The highest BCUT2D eigenvalue weighted by molar-refractivity contribution is 5.92. The molecule has 0 radical (unpaired) electrons. The molecular formula is C23H26FN3O2. The van der Waals surface area contributed by atoms with Crippen LogP contribution in [0, 0.1) is 29.0 Å². The second kappa shape index (κ2) is 7.08. The van der Waals surface area contributed by atoms with Crippen LogP contribution in [0.25, 0.3) is 5.69 Å². The van der Waals surface area contributed by atoms with Gasteiger partial charge in [0.25, 0.3) is 11.5 Å². The third kappa shape index (κ3) is 3.61. The number of aromatic nitrogens is 2. The van der Waals surface area contributed by atoms with Gasteiger partial charge in [-0.2, -0.15) is 9.78 Å². The quantitative estimate of drug-likeness (QED) is 0.839. The molecular weight excluding hydrogens is 369 g/mol. The van der Waals surface area contributed by atoms with E-state index in [1.54, 1.807) is 0 Å². The molecule has 1 N–H and O–H groups in total. The molecule has 4 aliphatic carbocycles. The van der Waals surface area contributed by atoms with Crippen molar-refractivity contribution in [3.63, 3.8) is 0 Å². The molecule has 0 saturated heterocycles. The Kier molecular flexibility index (Phi) is 4.52. The molecule has 4 saturated carbocycles. The molecule has 152 valence electrons. The van der Waals surface area contributed by atoms with Crippen molar-refractivity contribution in [1.82, 2.24) is 15.1 Å². The molecule has 1 aromatic heterocycles. The topological polar surface area (TPSA) is 64.0 Å². The molecule has 1 heterocycles. The van der Waals surface area contributed by atoms with Crippen molar-refractivity contribution >= 4 is 5.91 Å². The van der Waals surface area contributed by atoms with Crippen LogP contribution in [0.2, 0.25) is 0 Å². The number of carbonyl (C=O) groups is 1. The lowest BCUT2D eigenvalue weighted by atomic mass is 9.49. The number of hydrogen-bond donors (Lipinski definition) is 1. The highest BCUT2D eigenvalue weighted by Gasteiger charge is 2.50. The maximum atomic E-state index is 13.1. The molecule has 6 heteroatoms. The van der Waals surface area contributed by atoms with Crippen molar-refractivity contribution in [2.45, 2.75) is 44.9 Å². The van der Waals surface area contributed by atoms with E-state index in [1.807, 2.05) is 0 Å². The highest BCUT2D eigenvalue weighted by atomic mass is 19.1. The van der Waals surface area contributed by atoms with Gasteiger partial charge >= 0.3 is 0 Å². The maximum absolute atomic E-state index is 13.1. The Morgan fingerprint density at radius 2 is 1.66 bits per heavy atom. The fourth-order valence-electron chi connectivity index (χ4n) is 6.43. The molecule has 4 aliphatic rings. The van der Waals surface area contributed by atoms with E-state index in [4.69, 9.17) is 0 Å². The second-order valence-corrected chi connectivity index (χ2v) is 9.37. The Morgan fingerprint density at radius 3 is 2.28 bits per heavy atom. The van der Waals surface area contributed by atoms with Gasteiger partial charge in [0.2, 0.25) is 0 Å². The van der Waals surface area contributed by atoms with Crippen LogP contribution < -0.4 is 10.9 Å². The number of halogens is 1. The van der Waals surface area contributed by atoms with Crippen LogP contribution in [0.5, 0.6) is 0 Å². The fourth-order valence-corrected chi connectivity index (χ4v) is 6.43. The summed E-state index contributed by atoms with van der Waals surface area (Å²) in [6, 6.07) is 8.24. The third-order valence-corrected chi connectivity index (χ3v) is 7.21. The van der Waals surface area contributed by atoms with Crippen molar-refractivity contribution in [1.29, 1.82) is 0 Å². The van der Waals surface area contributed by atoms with Crippen LogP contribution in [0.1, 0.15) is 55.4 Å². The zero-order chi connectivity index (χ0) is 20.0. The smallest absolute Gasteiger partial charge is 0.271 e. The summed E-state index contributed by atoms with van der Waals surface area (Å²) in [6.07, 6.45) is 9.24. The number of rotatable bonds is 5. The molecule has 1 amide bonds. The summed E-state index contributed by atoms with van der Waals surface area (Å²) in [5, 5.41) is 7.19. The summed E-state index contributed by atoms with van der Waals surface area (Å²) in [7, 11) is 0. The second-order valence-electron chi connectivity index (χ2n) is 9.37. The van der Waals surface area contributed by atoms with E-state index >= 15 is 0 Å². The van der Waals surface area contributed by atoms with Crippen molar-refractivity contribution in [2.75, 3.05) is 6.54 Å². The fraction of sp³-hybridized carbons (Fsp3) is 0.522. The molecule has 0 aliphatic heterocycles. The van der Waals surface area contributed by atoms with Crippen molar-refractivity contribution in [3.8, 4) is 5.69 Å². The lowest BCUT2D eigenvalue weighted by Gasteiger charge is -2.57. The Balaban J connectivity index is 1.25. The summed E-state index contributed by atoms with van der Waals surface area (Å²) in [4.78, 5) is 24.8. The first kappa shape index (κ1) is 18.5. The monoisotopic (exact) mass is 395 g/mol. The minimum atomic E-state index is -0.389. The van der Waals surface area contributed by atoms with Gasteiger partial charge in [-0.05, 0) is 98.4 Å². The van der Waals surface area contributed by atoms with Gasteiger partial charge < -0.3 is 5.32 Å². The van der Waals surface area contributed by atoms with Crippen LogP contribution in [-0.2, 0) is 0 Å². The Labute approximate surface area is 169 Å². The van der Waals surface area contributed by atoms with Crippen LogP contribution in [0.4, 0.5) is 4.39 Å². The molecule has 5 nitrogen and oxygen atoms in total. The SMILES string of the molecule is O=C(NCCC12CC3CC(CC(C3)C1)C2)c1ccc(=O)n(-c2ccc(F)cc2)n1. The van der Waals surface area contributed by atoms with E-state index in [2.05, 4.69) is 10.4 Å². The average Bonchev–Trinajstić information content (AvgIpc) is 2.68. The van der Waals surface area contributed by atoms with Crippen LogP contribution in [-0.4, -0.2) is 22.2 Å².